The standard InChI is InChI=1S/C9H14N2O2/c1-3-6-11-7-4-5-8(11)9(12)10-13-2/h1,8H,4-7H2,2H3,(H,10,12)/t8-/m0/s1. The zero-order valence-corrected chi connectivity index (χ0v) is 7.75. The molecule has 1 aliphatic rings. The fraction of sp³-hybridized carbons (Fsp3) is 0.667. The second-order valence-electron chi connectivity index (χ2n) is 3.00. The van der Waals surface area contributed by atoms with Crippen LogP contribution in [0.4, 0.5) is 0 Å². The molecule has 0 aromatic rings. The van der Waals surface area contributed by atoms with E-state index in [9.17, 15) is 4.79 Å². The molecule has 1 fully saturated rings. The number of hydrogen-bond acceptors (Lipinski definition) is 3. The van der Waals surface area contributed by atoms with E-state index in [2.05, 4.69) is 16.2 Å². The summed E-state index contributed by atoms with van der Waals surface area (Å²) in [4.78, 5) is 17.9. The molecule has 1 atom stereocenters. The Kier molecular flexibility index (Phi) is 3.74. The maximum atomic E-state index is 11.4. The van der Waals surface area contributed by atoms with Crippen LogP contribution in [0.5, 0.6) is 0 Å². The summed E-state index contributed by atoms with van der Waals surface area (Å²) in [7, 11) is 1.43. The highest BCUT2D eigenvalue weighted by atomic mass is 16.6. The van der Waals surface area contributed by atoms with Gasteiger partial charge in [0.15, 0.2) is 0 Å². The first-order valence-electron chi connectivity index (χ1n) is 4.30. The summed E-state index contributed by atoms with van der Waals surface area (Å²) >= 11 is 0. The summed E-state index contributed by atoms with van der Waals surface area (Å²) in [6.07, 6.45) is 7.07. The molecule has 4 heteroatoms. The van der Waals surface area contributed by atoms with E-state index in [1.54, 1.807) is 0 Å². The molecule has 0 aromatic heterocycles. The van der Waals surface area contributed by atoms with E-state index >= 15 is 0 Å². The maximum Gasteiger partial charge on any atom is 0.260 e. The summed E-state index contributed by atoms with van der Waals surface area (Å²) < 4.78 is 0. The Morgan fingerprint density at radius 2 is 2.62 bits per heavy atom. The minimum atomic E-state index is -0.115. The van der Waals surface area contributed by atoms with Gasteiger partial charge in [-0.25, -0.2) is 5.48 Å². The number of nitrogens with zero attached hydrogens (tertiary/aromatic N) is 1. The van der Waals surface area contributed by atoms with E-state index in [0.29, 0.717) is 6.54 Å². The SMILES string of the molecule is C#CCN1CCC[C@H]1C(=O)NOC. The van der Waals surface area contributed by atoms with Crippen LogP contribution in [0.25, 0.3) is 0 Å². The highest BCUT2D eigenvalue weighted by Crippen LogP contribution is 2.16. The number of likely N-dealkylation sites (tertiary alicyclic amines) is 1. The third-order valence-corrected chi connectivity index (χ3v) is 2.16. The Bertz CT molecular complexity index is 222. The van der Waals surface area contributed by atoms with Crippen molar-refractivity contribution in [3.8, 4) is 12.3 Å². The summed E-state index contributed by atoms with van der Waals surface area (Å²) in [5.41, 5.74) is 2.33. The molecule has 1 aliphatic heterocycles. The second-order valence-corrected chi connectivity index (χ2v) is 3.00. The van der Waals surface area contributed by atoms with Crippen LogP contribution in [0.3, 0.4) is 0 Å². The molecule has 0 spiro atoms. The lowest BCUT2D eigenvalue weighted by Crippen LogP contribution is -2.42. The monoisotopic (exact) mass is 182 g/mol. The van der Waals surface area contributed by atoms with Crippen LogP contribution in [0, 0.1) is 12.3 Å². The quantitative estimate of drug-likeness (QED) is 0.484. The van der Waals surface area contributed by atoms with Gasteiger partial charge in [-0.3, -0.25) is 14.5 Å². The molecular formula is C9H14N2O2. The van der Waals surface area contributed by atoms with Crippen LogP contribution >= 0.6 is 0 Å². The van der Waals surface area contributed by atoms with Gasteiger partial charge in [-0.05, 0) is 19.4 Å². The largest absolute Gasteiger partial charge is 0.281 e. The van der Waals surface area contributed by atoms with Gasteiger partial charge in [0.25, 0.3) is 5.91 Å². The molecule has 0 saturated carbocycles. The minimum absolute atomic E-state index is 0.102. The van der Waals surface area contributed by atoms with Gasteiger partial charge in [0.2, 0.25) is 0 Å². The van der Waals surface area contributed by atoms with Crippen molar-refractivity contribution >= 4 is 5.91 Å². The van der Waals surface area contributed by atoms with Crippen LogP contribution in [0.2, 0.25) is 0 Å². The average molecular weight is 182 g/mol. The third kappa shape index (κ3) is 2.44. The number of hydroxylamine groups is 1. The zero-order chi connectivity index (χ0) is 9.68. The molecule has 0 bridgehead atoms. The number of terminal acetylenes is 1. The fourth-order valence-electron chi connectivity index (χ4n) is 1.60. The van der Waals surface area contributed by atoms with E-state index in [0.717, 1.165) is 19.4 Å². The predicted molar refractivity (Wildman–Crippen MR) is 48.6 cm³/mol. The van der Waals surface area contributed by atoms with Crippen molar-refractivity contribution in [1.82, 2.24) is 10.4 Å². The van der Waals surface area contributed by atoms with Crippen molar-refractivity contribution in [3.63, 3.8) is 0 Å². The van der Waals surface area contributed by atoms with E-state index in [1.807, 2.05) is 4.90 Å². The van der Waals surface area contributed by atoms with E-state index in [1.165, 1.54) is 7.11 Å². The number of hydrogen-bond donors (Lipinski definition) is 1. The smallest absolute Gasteiger partial charge is 0.260 e. The third-order valence-electron chi connectivity index (χ3n) is 2.16. The van der Waals surface area contributed by atoms with Gasteiger partial charge in [-0.1, -0.05) is 5.92 Å². The van der Waals surface area contributed by atoms with Crippen LogP contribution in [-0.4, -0.2) is 37.0 Å². The van der Waals surface area contributed by atoms with Gasteiger partial charge in [0.05, 0.1) is 19.7 Å². The topological polar surface area (TPSA) is 41.6 Å². The molecule has 0 aliphatic carbocycles. The van der Waals surface area contributed by atoms with Crippen molar-refractivity contribution in [2.24, 2.45) is 0 Å². The van der Waals surface area contributed by atoms with Gasteiger partial charge in [0.1, 0.15) is 0 Å². The average Bonchev–Trinajstić information content (AvgIpc) is 2.54. The van der Waals surface area contributed by atoms with Crippen molar-refractivity contribution in [3.05, 3.63) is 0 Å². The van der Waals surface area contributed by atoms with Gasteiger partial charge >= 0.3 is 0 Å². The Hall–Kier alpha value is -1.05. The summed E-state index contributed by atoms with van der Waals surface area (Å²) in [6, 6.07) is -0.115. The number of rotatable bonds is 3. The summed E-state index contributed by atoms with van der Waals surface area (Å²) in [5, 5.41) is 0. The molecular weight excluding hydrogens is 168 g/mol. The fourth-order valence-corrected chi connectivity index (χ4v) is 1.60. The van der Waals surface area contributed by atoms with Crippen molar-refractivity contribution in [2.45, 2.75) is 18.9 Å². The number of amides is 1. The number of carbonyl (C=O) groups excluding carboxylic acids is 1. The Morgan fingerprint density at radius 1 is 1.85 bits per heavy atom. The van der Waals surface area contributed by atoms with Crippen LogP contribution < -0.4 is 5.48 Å². The molecule has 0 unspecified atom stereocenters. The molecule has 1 N–H and O–H groups in total. The van der Waals surface area contributed by atoms with E-state index in [-0.39, 0.29) is 11.9 Å². The molecule has 1 rings (SSSR count). The molecule has 1 amide bonds. The molecule has 72 valence electrons. The van der Waals surface area contributed by atoms with Crippen molar-refractivity contribution in [1.29, 1.82) is 0 Å². The first-order chi connectivity index (χ1) is 6.29. The molecule has 1 saturated heterocycles. The van der Waals surface area contributed by atoms with Gasteiger partial charge in [0, 0.05) is 0 Å². The highest BCUT2D eigenvalue weighted by molar-refractivity contribution is 5.81. The lowest BCUT2D eigenvalue weighted by Gasteiger charge is -2.20. The highest BCUT2D eigenvalue weighted by Gasteiger charge is 2.29. The van der Waals surface area contributed by atoms with Gasteiger partial charge in [-0.2, -0.15) is 0 Å². The van der Waals surface area contributed by atoms with Crippen LogP contribution in [0.15, 0.2) is 0 Å². The Morgan fingerprint density at radius 3 is 3.23 bits per heavy atom. The first-order valence-corrected chi connectivity index (χ1v) is 4.30. The lowest BCUT2D eigenvalue weighted by molar-refractivity contribution is -0.135. The molecule has 0 aromatic carbocycles. The van der Waals surface area contributed by atoms with Crippen molar-refractivity contribution in [2.75, 3.05) is 20.2 Å². The number of carbonyl (C=O) groups is 1. The normalized spacial score (nSPS) is 22.6. The Balaban J connectivity index is 2.48. The lowest BCUT2D eigenvalue weighted by atomic mass is 10.2. The molecule has 1 heterocycles. The second kappa shape index (κ2) is 4.85. The maximum absolute atomic E-state index is 11.4. The van der Waals surface area contributed by atoms with Crippen molar-refractivity contribution < 1.29 is 9.63 Å². The van der Waals surface area contributed by atoms with Gasteiger partial charge in [-0.15, -0.1) is 6.42 Å². The summed E-state index contributed by atoms with van der Waals surface area (Å²) in [6.45, 7) is 1.42. The first kappa shape index (κ1) is 10.0. The van der Waals surface area contributed by atoms with Gasteiger partial charge < -0.3 is 0 Å². The van der Waals surface area contributed by atoms with E-state index < -0.39 is 0 Å². The molecule has 4 nitrogen and oxygen atoms in total. The van der Waals surface area contributed by atoms with Crippen LogP contribution in [0.1, 0.15) is 12.8 Å². The summed E-state index contributed by atoms with van der Waals surface area (Å²) in [5.74, 6) is 2.44. The molecule has 13 heavy (non-hydrogen) atoms. The van der Waals surface area contributed by atoms with E-state index in [4.69, 9.17) is 6.42 Å². The number of nitrogens with one attached hydrogen (secondary N) is 1. The molecule has 0 radical (unpaired) electrons. The zero-order valence-electron chi connectivity index (χ0n) is 7.75. The minimum Gasteiger partial charge on any atom is -0.281 e. The van der Waals surface area contributed by atoms with Crippen LogP contribution in [-0.2, 0) is 9.63 Å². The predicted octanol–water partition coefficient (Wildman–Crippen LogP) is -0.238. The Labute approximate surface area is 78.2 Å².